The first kappa shape index (κ1) is 30.1. The molecule has 2 aromatic rings. The standard InChI is InChI=1S/C25H38N8O5/c1-15(32-19-13-17(38-2)12-16-7-4-10-30-22(16)19)6-3-9-29-21(34)14-20(24(36)37)33-23(35)18(26)8-5-11-31-25(27)28/h4,7,10,12-13,15,18,20,32H,3,5-6,8-9,11,14,26H2,1-2H3,(H,29,34)(H,33,35)(H,36,37)(H4,27,28,31)/t15?,18-,20-/m1/s1. The summed E-state index contributed by atoms with van der Waals surface area (Å²) in [5.74, 6) is -1.80. The van der Waals surface area contributed by atoms with Gasteiger partial charge >= 0.3 is 5.97 Å². The van der Waals surface area contributed by atoms with Crippen LogP contribution in [0.4, 0.5) is 5.69 Å². The van der Waals surface area contributed by atoms with E-state index in [4.69, 9.17) is 21.9 Å². The number of aliphatic imine (C=N–C) groups is 1. The van der Waals surface area contributed by atoms with Crippen LogP contribution in [-0.2, 0) is 14.4 Å². The van der Waals surface area contributed by atoms with E-state index in [2.05, 4.69) is 25.9 Å². The van der Waals surface area contributed by atoms with Crippen LogP contribution in [0.3, 0.4) is 0 Å². The molecule has 0 bridgehead atoms. The Bertz CT molecular complexity index is 1120. The van der Waals surface area contributed by atoms with Crippen LogP contribution in [0.15, 0.2) is 35.5 Å². The Labute approximate surface area is 221 Å². The highest BCUT2D eigenvalue weighted by molar-refractivity contribution is 5.92. The van der Waals surface area contributed by atoms with E-state index in [0.29, 0.717) is 25.9 Å². The summed E-state index contributed by atoms with van der Waals surface area (Å²) in [5, 5.41) is 18.8. The third-order valence-corrected chi connectivity index (χ3v) is 5.76. The molecule has 10 N–H and O–H groups in total. The molecule has 1 heterocycles. The number of rotatable bonds is 16. The number of nitrogens with two attached hydrogens (primary N) is 3. The van der Waals surface area contributed by atoms with Crippen LogP contribution in [-0.4, -0.2) is 72.2 Å². The minimum Gasteiger partial charge on any atom is -0.497 e. The van der Waals surface area contributed by atoms with Crippen molar-refractivity contribution in [3.05, 3.63) is 30.5 Å². The number of carboxylic acids is 1. The molecule has 2 rings (SSSR count). The number of anilines is 1. The molecule has 0 radical (unpaired) electrons. The van der Waals surface area contributed by atoms with Gasteiger partial charge in [0.05, 0.1) is 30.8 Å². The number of carbonyl (C=O) groups excluding carboxylic acids is 2. The van der Waals surface area contributed by atoms with Crippen LogP contribution >= 0.6 is 0 Å². The Kier molecular flexibility index (Phi) is 12.0. The summed E-state index contributed by atoms with van der Waals surface area (Å²) in [5.41, 5.74) is 18.0. The van der Waals surface area contributed by atoms with E-state index < -0.39 is 36.3 Å². The van der Waals surface area contributed by atoms with Gasteiger partial charge in [-0.2, -0.15) is 0 Å². The Balaban J connectivity index is 1.76. The van der Waals surface area contributed by atoms with Gasteiger partial charge in [-0.05, 0) is 44.7 Å². The fraction of sp³-hybridized carbons (Fsp3) is 0.480. The van der Waals surface area contributed by atoms with Crippen molar-refractivity contribution < 1.29 is 24.2 Å². The average molecular weight is 531 g/mol. The molecular formula is C25H38N8O5. The largest absolute Gasteiger partial charge is 0.497 e. The zero-order chi connectivity index (χ0) is 28.1. The molecule has 1 unspecified atom stereocenters. The van der Waals surface area contributed by atoms with Crippen molar-refractivity contribution in [2.45, 2.75) is 57.2 Å². The number of nitrogens with one attached hydrogen (secondary N) is 3. The molecule has 0 aliphatic rings. The number of amides is 2. The Morgan fingerprint density at radius 3 is 2.63 bits per heavy atom. The minimum absolute atomic E-state index is 0.0616. The van der Waals surface area contributed by atoms with E-state index in [1.807, 2.05) is 31.2 Å². The molecule has 0 fully saturated rings. The van der Waals surface area contributed by atoms with E-state index >= 15 is 0 Å². The summed E-state index contributed by atoms with van der Waals surface area (Å²) >= 11 is 0. The van der Waals surface area contributed by atoms with Gasteiger partial charge in [-0.25, -0.2) is 4.79 Å². The lowest BCUT2D eigenvalue weighted by molar-refractivity contribution is -0.143. The number of carbonyl (C=O) groups is 3. The lowest BCUT2D eigenvalue weighted by Crippen LogP contribution is -2.50. The molecule has 0 spiro atoms. The maximum absolute atomic E-state index is 12.3. The van der Waals surface area contributed by atoms with Gasteiger partial charge in [0.15, 0.2) is 5.96 Å². The number of hydrogen-bond acceptors (Lipinski definition) is 8. The van der Waals surface area contributed by atoms with E-state index in [0.717, 1.165) is 28.8 Å². The topological polar surface area (TPSA) is 220 Å². The Hall–Kier alpha value is -4.13. The Morgan fingerprint density at radius 1 is 1.18 bits per heavy atom. The zero-order valence-corrected chi connectivity index (χ0v) is 21.8. The zero-order valence-electron chi connectivity index (χ0n) is 21.8. The summed E-state index contributed by atoms with van der Waals surface area (Å²) in [6, 6.07) is 5.38. The average Bonchev–Trinajstić information content (AvgIpc) is 2.88. The van der Waals surface area contributed by atoms with Crippen molar-refractivity contribution in [2.75, 3.05) is 25.5 Å². The maximum atomic E-state index is 12.3. The number of methoxy groups -OCH3 is 1. The van der Waals surface area contributed by atoms with E-state index in [1.54, 1.807) is 13.3 Å². The van der Waals surface area contributed by atoms with E-state index in [9.17, 15) is 19.5 Å². The van der Waals surface area contributed by atoms with Crippen molar-refractivity contribution in [3.8, 4) is 5.75 Å². The molecule has 1 aromatic heterocycles. The Morgan fingerprint density at radius 2 is 1.95 bits per heavy atom. The van der Waals surface area contributed by atoms with Crippen molar-refractivity contribution >= 4 is 40.3 Å². The van der Waals surface area contributed by atoms with Crippen molar-refractivity contribution in [1.82, 2.24) is 15.6 Å². The molecule has 0 saturated carbocycles. The van der Waals surface area contributed by atoms with Crippen LogP contribution in [0, 0.1) is 0 Å². The van der Waals surface area contributed by atoms with Gasteiger partial charge in [-0.1, -0.05) is 6.07 Å². The number of ether oxygens (including phenoxy) is 1. The number of aromatic nitrogens is 1. The normalized spacial score (nSPS) is 13.1. The number of pyridine rings is 1. The fourth-order valence-corrected chi connectivity index (χ4v) is 3.75. The summed E-state index contributed by atoms with van der Waals surface area (Å²) < 4.78 is 5.38. The third-order valence-electron chi connectivity index (χ3n) is 5.76. The molecule has 13 heteroatoms. The number of nitrogens with zero attached hydrogens (tertiary/aromatic N) is 2. The van der Waals surface area contributed by atoms with Crippen LogP contribution in [0.2, 0.25) is 0 Å². The number of carboxylic acid groups (broad SMARTS) is 1. The molecule has 13 nitrogen and oxygen atoms in total. The highest BCUT2D eigenvalue weighted by Crippen LogP contribution is 2.28. The molecule has 2 amide bonds. The lowest BCUT2D eigenvalue weighted by atomic mass is 10.1. The fourth-order valence-electron chi connectivity index (χ4n) is 3.75. The number of benzene rings is 1. The van der Waals surface area contributed by atoms with Crippen molar-refractivity contribution in [2.24, 2.45) is 22.2 Å². The predicted octanol–water partition coefficient (Wildman–Crippen LogP) is 0.281. The molecule has 0 saturated heterocycles. The molecule has 38 heavy (non-hydrogen) atoms. The van der Waals surface area contributed by atoms with Crippen LogP contribution in [0.5, 0.6) is 5.75 Å². The van der Waals surface area contributed by atoms with Crippen LogP contribution in [0.1, 0.15) is 39.0 Å². The molecular weight excluding hydrogens is 492 g/mol. The van der Waals surface area contributed by atoms with Gasteiger partial charge in [0.25, 0.3) is 0 Å². The third kappa shape index (κ3) is 10.1. The van der Waals surface area contributed by atoms with Gasteiger partial charge in [-0.3, -0.25) is 19.6 Å². The quantitative estimate of drug-likeness (QED) is 0.0892. The van der Waals surface area contributed by atoms with Gasteiger partial charge in [-0.15, -0.1) is 0 Å². The summed E-state index contributed by atoms with van der Waals surface area (Å²) in [4.78, 5) is 44.3. The lowest BCUT2D eigenvalue weighted by Gasteiger charge is -2.18. The molecule has 3 atom stereocenters. The number of aliphatic carboxylic acids is 1. The summed E-state index contributed by atoms with van der Waals surface area (Å²) in [6.45, 7) is 2.68. The monoisotopic (exact) mass is 530 g/mol. The number of guanidine groups is 1. The van der Waals surface area contributed by atoms with Crippen molar-refractivity contribution in [3.63, 3.8) is 0 Å². The van der Waals surface area contributed by atoms with Crippen LogP contribution < -0.4 is 37.9 Å². The smallest absolute Gasteiger partial charge is 0.326 e. The van der Waals surface area contributed by atoms with Gasteiger partial charge in [0.1, 0.15) is 11.8 Å². The summed E-state index contributed by atoms with van der Waals surface area (Å²) in [7, 11) is 1.61. The van der Waals surface area contributed by atoms with Gasteiger partial charge in [0.2, 0.25) is 11.8 Å². The molecule has 0 aliphatic heterocycles. The highest BCUT2D eigenvalue weighted by atomic mass is 16.5. The van der Waals surface area contributed by atoms with Gasteiger partial charge in [0, 0.05) is 36.8 Å². The predicted molar refractivity (Wildman–Crippen MR) is 146 cm³/mol. The number of fused-ring (bicyclic) bond motifs is 1. The van der Waals surface area contributed by atoms with E-state index in [-0.39, 0.29) is 18.4 Å². The summed E-state index contributed by atoms with van der Waals surface area (Å²) in [6.07, 6.45) is 3.42. The molecule has 1 aromatic carbocycles. The maximum Gasteiger partial charge on any atom is 0.326 e. The van der Waals surface area contributed by atoms with E-state index in [1.165, 1.54) is 0 Å². The highest BCUT2D eigenvalue weighted by Gasteiger charge is 2.25. The first-order valence-corrected chi connectivity index (χ1v) is 12.4. The molecule has 0 aliphatic carbocycles. The second-order valence-corrected chi connectivity index (χ2v) is 8.95. The first-order valence-electron chi connectivity index (χ1n) is 12.4. The minimum atomic E-state index is -1.39. The van der Waals surface area contributed by atoms with Crippen LogP contribution in [0.25, 0.3) is 10.9 Å². The number of hydrogen-bond donors (Lipinski definition) is 7. The SMILES string of the molecule is COc1cc(NC(C)CCCNC(=O)C[C@@H](NC(=O)[C@H](N)CCCN=C(N)N)C(=O)O)c2ncccc2c1. The first-order chi connectivity index (χ1) is 18.1. The second kappa shape index (κ2) is 15.2. The second-order valence-electron chi connectivity index (χ2n) is 8.95. The van der Waals surface area contributed by atoms with Crippen molar-refractivity contribution in [1.29, 1.82) is 0 Å². The van der Waals surface area contributed by atoms with Gasteiger partial charge < -0.3 is 43.0 Å². The molecule has 208 valence electrons.